The molecule has 0 aliphatic rings. The second kappa shape index (κ2) is 7.68. The van der Waals surface area contributed by atoms with Gasteiger partial charge in [0.2, 0.25) is 0 Å². The highest BCUT2D eigenvalue weighted by molar-refractivity contribution is 6.31. The number of rotatable bonds is 6. The fourth-order valence-corrected chi connectivity index (χ4v) is 2.44. The van der Waals surface area contributed by atoms with Crippen LogP contribution in [0.15, 0.2) is 48.5 Å². The van der Waals surface area contributed by atoms with Gasteiger partial charge < -0.3 is 10.1 Å². The molecule has 108 valence electrons. The van der Waals surface area contributed by atoms with E-state index in [-0.39, 0.29) is 6.04 Å². The van der Waals surface area contributed by atoms with Gasteiger partial charge in [0, 0.05) is 23.2 Å². The molecule has 1 N–H and O–H groups in total. The lowest BCUT2D eigenvalue weighted by molar-refractivity contribution is 0.405. The van der Waals surface area contributed by atoms with E-state index in [1.165, 1.54) is 0 Å². The summed E-state index contributed by atoms with van der Waals surface area (Å²) in [5.41, 5.74) is 1.99. The normalized spacial score (nSPS) is 11.7. The molecular formula is C17H17ClN2O. The largest absolute Gasteiger partial charge is 0.496 e. The Morgan fingerprint density at radius 2 is 1.95 bits per heavy atom. The number of benzene rings is 2. The molecule has 0 amide bonds. The fraction of sp³-hybridized carbons (Fsp3) is 0.235. The number of ether oxygens (including phenoxy) is 1. The Morgan fingerprint density at radius 1 is 1.19 bits per heavy atom. The maximum absolute atomic E-state index is 9.01. The van der Waals surface area contributed by atoms with E-state index in [1.54, 1.807) is 7.11 Å². The van der Waals surface area contributed by atoms with Crippen LogP contribution in [0, 0.1) is 11.3 Å². The molecule has 1 unspecified atom stereocenters. The van der Waals surface area contributed by atoms with Crippen LogP contribution in [0.4, 0.5) is 0 Å². The first-order valence-electron chi connectivity index (χ1n) is 6.73. The van der Waals surface area contributed by atoms with Crippen molar-refractivity contribution in [1.82, 2.24) is 5.32 Å². The highest BCUT2D eigenvalue weighted by atomic mass is 35.5. The van der Waals surface area contributed by atoms with Crippen LogP contribution in [-0.4, -0.2) is 7.11 Å². The highest BCUT2D eigenvalue weighted by Crippen LogP contribution is 2.27. The van der Waals surface area contributed by atoms with Gasteiger partial charge in [-0.3, -0.25) is 0 Å². The molecule has 0 spiro atoms. The number of hydrogen-bond acceptors (Lipinski definition) is 3. The van der Waals surface area contributed by atoms with E-state index < -0.39 is 0 Å². The first-order chi connectivity index (χ1) is 10.3. The molecule has 4 heteroatoms. The maximum atomic E-state index is 9.01. The SMILES string of the molecule is COc1cccc(Cl)c1CNC(CC#N)c1ccccc1. The lowest BCUT2D eigenvalue weighted by Gasteiger charge is -2.18. The van der Waals surface area contributed by atoms with E-state index in [0.717, 1.165) is 16.9 Å². The molecule has 2 aromatic carbocycles. The summed E-state index contributed by atoms with van der Waals surface area (Å²) in [5.74, 6) is 0.749. The Balaban J connectivity index is 2.15. The van der Waals surface area contributed by atoms with Crippen LogP contribution in [0.2, 0.25) is 5.02 Å². The summed E-state index contributed by atoms with van der Waals surface area (Å²) >= 11 is 6.23. The molecule has 2 rings (SSSR count). The van der Waals surface area contributed by atoms with Gasteiger partial charge in [-0.2, -0.15) is 5.26 Å². The molecule has 0 saturated heterocycles. The minimum absolute atomic E-state index is 0.0304. The second-order valence-electron chi connectivity index (χ2n) is 4.63. The van der Waals surface area contributed by atoms with E-state index in [9.17, 15) is 0 Å². The summed E-state index contributed by atoms with van der Waals surface area (Å²) in [7, 11) is 1.62. The van der Waals surface area contributed by atoms with Gasteiger partial charge in [-0.15, -0.1) is 0 Å². The van der Waals surface area contributed by atoms with Crippen molar-refractivity contribution >= 4 is 11.6 Å². The third-order valence-corrected chi connectivity index (χ3v) is 3.67. The monoisotopic (exact) mass is 300 g/mol. The standard InChI is InChI=1S/C17H17ClN2O/c1-21-17-9-5-8-15(18)14(17)12-20-16(10-11-19)13-6-3-2-4-7-13/h2-9,16,20H,10,12H2,1H3. The van der Waals surface area contributed by atoms with Crippen LogP contribution < -0.4 is 10.1 Å². The zero-order chi connectivity index (χ0) is 15.1. The van der Waals surface area contributed by atoms with Crippen molar-refractivity contribution in [3.8, 4) is 11.8 Å². The predicted octanol–water partition coefficient (Wildman–Crippen LogP) is 4.09. The quantitative estimate of drug-likeness (QED) is 0.874. The van der Waals surface area contributed by atoms with Crippen molar-refractivity contribution in [2.24, 2.45) is 0 Å². The van der Waals surface area contributed by atoms with E-state index in [0.29, 0.717) is 18.0 Å². The van der Waals surface area contributed by atoms with Gasteiger partial charge in [-0.25, -0.2) is 0 Å². The van der Waals surface area contributed by atoms with Crippen molar-refractivity contribution in [2.75, 3.05) is 7.11 Å². The molecule has 0 fully saturated rings. The lowest BCUT2D eigenvalue weighted by Crippen LogP contribution is -2.21. The lowest BCUT2D eigenvalue weighted by atomic mass is 10.0. The van der Waals surface area contributed by atoms with Crippen molar-refractivity contribution < 1.29 is 4.74 Å². The molecule has 0 saturated carbocycles. The van der Waals surface area contributed by atoms with Crippen LogP contribution in [0.25, 0.3) is 0 Å². The summed E-state index contributed by atoms with van der Waals surface area (Å²) in [6.45, 7) is 0.546. The van der Waals surface area contributed by atoms with Crippen LogP contribution in [0.5, 0.6) is 5.75 Å². The topological polar surface area (TPSA) is 45.0 Å². The van der Waals surface area contributed by atoms with Crippen molar-refractivity contribution in [3.63, 3.8) is 0 Å². The molecule has 0 bridgehead atoms. The number of hydrogen-bond donors (Lipinski definition) is 1. The molecule has 0 heterocycles. The minimum Gasteiger partial charge on any atom is -0.496 e. The summed E-state index contributed by atoms with van der Waals surface area (Å²) in [6.07, 6.45) is 0.400. The van der Waals surface area contributed by atoms with Crippen molar-refractivity contribution in [1.29, 1.82) is 5.26 Å². The molecule has 0 aliphatic heterocycles. The smallest absolute Gasteiger partial charge is 0.124 e. The van der Waals surface area contributed by atoms with Gasteiger partial charge in [0.1, 0.15) is 5.75 Å². The Bertz CT molecular complexity index is 622. The molecular weight excluding hydrogens is 284 g/mol. The number of nitriles is 1. The Morgan fingerprint density at radius 3 is 2.62 bits per heavy atom. The molecule has 0 radical (unpaired) electrons. The van der Waals surface area contributed by atoms with E-state index in [2.05, 4.69) is 11.4 Å². The molecule has 0 aromatic heterocycles. The zero-order valence-electron chi connectivity index (χ0n) is 11.8. The van der Waals surface area contributed by atoms with Crippen LogP contribution in [0.1, 0.15) is 23.6 Å². The van der Waals surface area contributed by atoms with Crippen molar-refractivity contribution in [3.05, 3.63) is 64.7 Å². The molecule has 3 nitrogen and oxygen atoms in total. The Hall–Kier alpha value is -2.02. The van der Waals surface area contributed by atoms with Crippen LogP contribution in [-0.2, 0) is 6.54 Å². The summed E-state index contributed by atoms with van der Waals surface area (Å²) in [6, 6.07) is 17.7. The molecule has 0 aliphatic carbocycles. The number of methoxy groups -OCH3 is 1. The van der Waals surface area contributed by atoms with Gasteiger partial charge in [0.05, 0.1) is 19.6 Å². The third kappa shape index (κ3) is 3.98. The first-order valence-corrected chi connectivity index (χ1v) is 7.10. The Kier molecular flexibility index (Phi) is 5.62. The van der Waals surface area contributed by atoms with E-state index >= 15 is 0 Å². The van der Waals surface area contributed by atoms with Gasteiger partial charge in [-0.05, 0) is 17.7 Å². The minimum atomic E-state index is -0.0304. The number of halogens is 1. The summed E-state index contributed by atoms with van der Waals surface area (Å²) in [4.78, 5) is 0. The van der Waals surface area contributed by atoms with Gasteiger partial charge in [0.15, 0.2) is 0 Å². The summed E-state index contributed by atoms with van der Waals surface area (Å²) in [5, 5.41) is 13.0. The summed E-state index contributed by atoms with van der Waals surface area (Å²) < 4.78 is 5.33. The van der Waals surface area contributed by atoms with Crippen LogP contribution in [0.3, 0.4) is 0 Å². The molecule has 1 atom stereocenters. The van der Waals surface area contributed by atoms with E-state index in [1.807, 2.05) is 48.5 Å². The number of nitrogens with zero attached hydrogens (tertiary/aromatic N) is 1. The maximum Gasteiger partial charge on any atom is 0.124 e. The van der Waals surface area contributed by atoms with Gasteiger partial charge >= 0.3 is 0 Å². The van der Waals surface area contributed by atoms with Gasteiger partial charge in [0.25, 0.3) is 0 Å². The number of nitrogens with one attached hydrogen (secondary N) is 1. The highest BCUT2D eigenvalue weighted by Gasteiger charge is 2.13. The zero-order valence-corrected chi connectivity index (χ0v) is 12.6. The third-order valence-electron chi connectivity index (χ3n) is 3.32. The van der Waals surface area contributed by atoms with Gasteiger partial charge in [-0.1, -0.05) is 48.0 Å². The molecule has 2 aromatic rings. The fourth-order valence-electron chi connectivity index (χ4n) is 2.21. The average Bonchev–Trinajstić information content (AvgIpc) is 2.53. The Labute approximate surface area is 130 Å². The van der Waals surface area contributed by atoms with Crippen LogP contribution >= 0.6 is 11.6 Å². The van der Waals surface area contributed by atoms with Crippen molar-refractivity contribution in [2.45, 2.75) is 19.0 Å². The second-order valence-corrected chi connectivity index (χ2v) is 5.03. The average molecular weight is 301 g/mol. The predicted molar refractivity (Wildman–Crippen MR) is 84.3 cm³/mol. The molecule has 21 heavy (non-hydrogen) atoms. The van der Waals surface area contributed by atoms with E-state index in [4.69, 9.17) is 21.6 Å². The first kappa shape index (κ1) is 15.4.